The molecule has 0 atom stereocenters. The first-order valence-corrected chi connectivity index (χ1v) is 7.86. The van der Waals surface area contributed by atoms with Crippen LogP contribution in [0.5, 0.6) is 0 Å². The van der Waals surface area contributed by atoms with E-state index < -0.39 is 28.6 Å². The van der Waals surface area contributed by atoms with Crippen LogP contribution in [-0.4, -0.2) is 43.4 Å². The second-order valence-corrected chi connectivity index (χ2v) is 6.96. The zero-order chi connectivity index (χ0) is 15.6. The lowest BCUT2D eigenvalue weighted by molar-refractivity contribution is -0.118. The molecule has 0 unspecified atom stereocenters. The molecule has 0 spiro atoms. The molecule has 0 saturated heterocycles. The van der Waals surface area contributed by atoms with E-state index in [9.17, 15) is 18.0 Å². The quantitative estimate of drug-likeness (QED) is 0.874. The molecule has 0 radical (unpaired) electrons. The van der Waals surface area contributed by atoms with Gasteiger partial charge >= 0.3 is 6.09 Å². The number of hydrogen-bond donors (Lipinski definition) is 1. The molecule has 1 heterocycles. The highest BCUT2D eigenvalue weighted by Gasteiger charge is 2.34. The van der Waals surface area contributed by atoms with Gasteiger partial charge in [0.25, 0.3) is 10.0 Å². The van der Waals surface area contributed by atoms with E-state index in [2.05, 4.69) is 9.72 Å². The Morgan fingerprint density at radius 3 is 2.62 bits per heavy atom. The van der Waals surface area contributed by atoms with E-state index in [4.69, 9.17) is 5.73 Å². The van der Waals surface area contributed by atoms with Gasteiger partial charge in [0.2, 0.25) is 10.2 Å². The van der Waals surface area contributed by atoms with Crippen LogP contribution >= 0.6 is 11.3 Å². The fourth-order valence-corrected chi connectivity index (χ4v) is 4.17. The number of aromatic nitrogens is 1. The van der Waals surface area contributed by atoms with E-state index in [0.29, 0.717) is 10.2 Å². The van der Waals surface area contributed by atoms with E-state index in [-0.39, 0.29) is 8.64 Å². The Morgan fingerprint density at radius 1 is 1.38 bits per heavy atom. The third-order valence-electron chi connectivity index (χ3n) is 2.46. The zero-order valence-corrected chi connectivity index (χ0v) is 12.5. The Hall–Kier alpha value is -2.20. The summed E-state index contributed by atoms with van der Waals surface area (Å²) in [6, 6.07) is 6.78. The van der Waals surface area contributed by atoms with E-state index in [1.807, 2.05) is 0 Å². The number of carbonyl (C=O) groups is 2. The number of para-hydroxylation sites is 1. The minimum Gasteiger partial charge on any atom is -0.452 e. The highest BCUT2D eigenvalue weighted by Crippen LogP contribution is 2.27. The lowest BCUT2D eigenvalue weighted by atomic mass is 10.3. The van der Waals surface area contributed by atoms with Crippen molar-refractivity contribution in [3.63, 3.8) is 0 Å². The van der Waals surface area contributed by atoms with Gasteiger partial charge in [0.1, 0.15) is 6.54 Å². The number of thiazole rings is 1. The zero-order valence-electron chi connectivity index (χ0n) is 10.8. The SMILES string of the molecule is COC(=O)N(CC(N)=O)S(=O)(=O)c1nc2ccccc2s1. The molecule has 21 heavy (non-hydrogen) atoms. The third kappa shape index (κ3) is 2.95. The standard InChI is InChI=1S/C11H11N3O5S2/c1-19-11(16)14(6-9(12)15)21(17,18)10-13-7-4-2-3-5-8(7)20-10/h2-5H,6H2,1H3,(H2,12,15). The van der Waals surface area contributed by atoms with Crippen LogP contribution in [0.3, 0.4) is 0 Å². The summed E-state index contributed by atoms with van der Waals surface area (Å²) in [6.07, 6.45) is -1.20. The number of amides is 2. The van der Waals surface area contributed by atoms with Gasteiger partial charge in [-0.1, -0.05) is 12.1 Å². The van der Waals surface area contributed by atoms with Gasteiger partial charge < -0.3 is 10.5 Å². The van der Waals surface area contributed by atoms with E-state index in [1.165, 1.54) is 0 Å². The first-order valence-electron chi connectivity index (χ1n) is 5.61. The number of nitrogens with two attached hydrogens (primary N) is 1. The van der Waals surface area contributed by atoms with Crippen molar-refractivity contribution in [3.05, 3.63) is 24.3 Å². The molecule has 2 amide bonds. The molecule has 2 aromatic rings. The fraction of sp³-hybridized carbons (Fsp3) is 0.182. The molecule has 0 fully saturated rings. The van der Waals surface area contributed by atoms with Crippen LogP contribution in [0.4, 0.5) is 4.79 Å². The predicted molar refractivity (Wildman–Crippen MR) is 75.1 cm³/mol. The minimum absolute atomic E-state index is 0.257. The van der Waals surface area contributed by atoms with Crippen LogP contribution in [0.25, 0.3) is 10.2 Å². The van der Waals surface area contributed by atoms with Crippen LogP contribution in [0.15, 0.2) is 28.6 Å². The van der Waals surface area contributed by atoms with Gasteiger partial charge in [-0.15, -0.1) is 11.3 Å². The Labute approximate surface area is 124 Å². The number of hydrogen-bond acceptors (Lipinski definition) is 7. The summed E-state index contributed by atoms with van der Waals surface area (Å²) in [6.45, 7) is -0.815. The highest BCUT2D eigenvalue weighted by molar-refractivity contribution is 7.91. The topological polar surface area (TPSA) is 120 Å². The number of sulfonamides is 1. The average molecular weight is 329 g/mol. The van der Waals surface area contributed by atoms with E-state index in [0.717, 1.165) is 18.4 Å². The van der Waals surface area contributed by atoms with Crippen molar-refractivity contribution in [3.8, 4) is 0 Å². The van der Waals surface area contributed by atoms with Crippen molar-refractivity contribution in [2.24, 2.45) is 5.73 Å². The average Bonchev–Trinajstić information content (AvgIpc) is 2.88. The van der Waals surface area contributed by atoms with Crippen LogP contribution in [0.1, 0.15) is 0 Å². The number of benzene rings is 1. The highest BCUT2D eigenvalue weighted by atomic mass is 32.2. The summed E-state index contributed by atoms with van der Waals surface area (Å²) in [7, 11) is -3.30. The molecular weight excluding hydrogens is 318 g/mol. The van der Waals surface area contributed by atoms with Gasteiger partial charge in [-0.3, -0.25) is 4.79 Å². The maximum absolute atomic E-state index is 12.4. The van der Waals surface area contributed by atoms with Crippen molar-refractivity contribution < 1.29 is 22.7 Å². The second-order valence-electron chi connectivity index (χ2n) is 3.90. The van der Waals surface area contributed by atoms with Crippen LogP contribution in [-0.2, 0) is 19.6 Å². The van der Waals surface area contributed by atoms with Crippen molar-refractivity contribution >= 4 is 43.6 Å². The molecule has 2 rings (SSSR count). The van der Waals surface area contributed by atoms with Gasteiger partial charge in [-0.05, 0) is 12.1 Å². The number of primary amides is 1. The summed E-state index contributed by atoms with van der Waals surface area (Å²) >= 11 is 0.887. The van der Waals surface area contributed by atoms with Gasteiger partial charge in [-0.2, -0.15) is 12.7 Å². The molecule has 8 nitrogen and oxygen atoms in total. The van der Waals surface area contributed by atoms with E-state index in [1.54, 1.807) is 24.3 Å². The fourth-order valence-electron chi connectivity index (χ4n) is 1.55. The number of methoxy groups -OCH3 is 1. The van der Waals surface area contributed by atoms with Crippen molar-refractivity contribution in [1.29, 1.82) is 0 Å². The molecule has 0 aliphatic heterocycles. The molecule has 112 valence electrons. The summed E-state index contributed by atoms with van der Waals surface area (Å²) in [5, 5.41) is 0. The van der Waals surface area contributed by atoms with Gasteiger partial charge in [-0.25, -0.2) is 9.78 Å². The number of carbonyl (C=O) groups excluding carboxylic acids is 2. The Morgan fingerprint density at radius 2 is 2.05 bits per heavy atom. The lowest BCUT2D eigenvalue weighted by Gasteiger charge is -2.17. The van der Waals surface area contributed by atoms with Crippen LogP contribution in [0.2, 0.25) is 0 Å². The third-order valence-corrected chi connectivity index (χ3v) is 5.57. The first-order chi connectivity index (χ1) is 9.86. The summed E-state index contributed by atoms with van der Waals surface area (Å²) in [5.74, 6) is -0.981. The summed E-state index contributed by atoms with van der Waals surface area (Å²) in [5.41, 5.74) is 5.44. The number of fused-ring (bicyclic) bond motifs is 1. The monoisotopic (exact) mass is 329 g/mol. The minimum atomic E-state index is -4.30. The van der Waals surface area contributed by atoms with E-state index >= 15 is 0 Å². The Bertz CT molecular complexity index is 766. The molecule has 2 N–H and O–H groups in total. The van der Waals surface area contributed by atoms with Crippen LogP contribution in [0, 0.1) is 0 Å². The van der Waals surface area contributed by atoms with Crippen LogP contribution < -0.4 is 5.73 Å². The largest absolute Gasteiger partial charge is 0.452 e. The number of rotatable bonds is 4. The summed E-state index contributed by atoms with van der Waals surface area (Å²) in [4.78, 5) is 26.5. The number of nitrogens with zero attached hydrogens (tertiary/aromatic N) is 2. The number of ether oxygens (including phenoxy) is 1. The smallest absolute Gasteiger partial charge is 0.424 e. The first kappa shape index (κ1) is 15.2. The molecule has 0 aliphatic rings. The molecule has 10 heteroatoms. The van der Waals surface area contributed by atoms with Gasteiger partial charge in [0.15, 0.2) is 0 Å². The molecular formula is C11H11N3O5S2. The summed E-state index contributed by atoms with van der Waals surface area (Å²) < 4.78 is 29.8. The molecule has 0 bridgehead atoms. The lowest BCUT2D eigenvalue weighted by Crippen LogP contribution is -2.42. The molecule has 1 aromatic heterocycles. The van der Waals surface area contributed by atoms with Crippen molar-refractivity contribution in [1.82, 2.24) is 9.29 Å². The Kier molecular flexibility index (Phi) is 4.09. The van der Waals surface area contributed by atoms with Gasteiger partial charge in [0.05, 0.1) is 17.3 Å². The molecule has 1 aromatic carbocycles. The maximum atomic E-state index is 12.4. The Balaban J connectivity index is 2.51. The predicted octanol–water partition coefficient (Wildman–Crippen LogP) is 0.539. The maximum Gasteiger partial charge on any atom is 0.424 e. The van der Waals surface area contributed by atoms with Gasteiger partial charge in [0, 0.05) is 0 Å². The van der Waals surface area contributed by atoms with Crippen molar-refractivity contribution in [2.45, 2.75) is 4.34 Å². The molecule has 0 aliphatic carbocycles. The van der Waals surface area contributed by atoms with Crippen molar-refractivity contribution in [2.75, 3.05) is 13.7 Å². The second kappa shape index (κ2) is 5.66. The molecule has 0 saturated carbocycles. The normalized spacial score (nSPS) is 11.3.